The molecule has 3 aromatic rings. The van der Waals surface area contributed by atoms with Gasteiger partial charge in [0.2, 0.25) is 0 Å². The van der Waals surface area contributed by atoms with Crippen LogP contribution in [0.25, 0.3) is 0 Å². The molecule has 1 amide bonds. The molecular formula is C17H15N3OS2. The van der Waals surface area contributed by atoms with E-state index in [9.17, 15) is 4.79 Å². The van der Waals surface area contributed by atoms with Gasteiger partial charge in [0.25, 0.3) is 5.91 Å². The number of rotatable bonds is 4. The van der Waals surface area contributed by atoms with E-state index in [0.717, 1.165) is 15.5 Å². The summed E-state index contributed by atoms with van der Waals surface area (Å²) in [6.45, 7) is 1.89. The molecule has 3 rings (SSSR count). The molecule has 1 heterocycles. The minimum Gasteiger partial charge on any atom is -0.398 e. The zero-order chi connectivity index (χ0) is 16.2. The predicted octanol–water partition coefficient (Wildman–Crippen LogP) is 4.44. The van der Waals surface area contributed by atoms with E-state index < -0.39 is 0 Å². The molecule has 0 saturated carbocycles. The Hall–Kier alpha value is -2.31. The number of nitrogens with zero attached hydrogens (tertiary/aromatic N) is 1. The van der Waals surface area contributed by atoms with Crippen molar-refractivity contribution in [1.82, 2.24) is 4.98 Å². The van der Waals surface area contributed by atoms with E-state index in [1.54, 1.807) is 17.8 Å². The highest BCUT2D eigenvalue weighted by atomic mass is 32.2. The van der Waals surface area contributed by atoms with E-state index in [4.69, 9.17) is 5.73 Å². The van der Waals surface area contributed by atoms with E-state index in [0.29, 0.717) is 16.4 Å². The molecule has 0 unspecified atom stereocenters. The Bertz CT molecular complexity index is 831. The number of anilines is 2. The Labute approximate surface area is 142 Å². The van der Waals surface area contributed by atoms with Crippen LogP contribution in [0.15, 0.2) is 63.7 Å². The average Bonchev–Trinajstić information content (AvgIpc) is 2.95. The molecule has 0 bridgehead atoms. The van der Waals surface area contributed by atoms with Gasteiger partial charge in [-0.2, -0.15) is 0 Å². The van der Waals surface area contributed by atoms with Crippen LogP contribution in [-0.4, -0.2) is 10.9 Å². The van der Waals surface area contributed by atoms with Crippen LogP contribution < -0.4 is 11.1 Å². The first kappa shape index (κ1) is 15.6. The third-order valence-corrected chi connectivity index (χ3v) is 4.96. The van der Waals surface area contributed by atoms with E-state index in [-0.39, 0.29) is 5.91 Å². The van der Waals surface area contributed by atoms with Crippen LogP contribution in [0, 0.1) is 6.92 Å². The molecule has 23 heavy (non-hydrogen) atoms. The minimum absolute atomic E-state index is 0.243. The molecule has 3 N–H and O–H groups in total. The largest absolute Gasteiger partial charge is 0.398 e. The number of carbonyl (C=O) groups excluding carboxylic acids is 1. The maximum atomic E-state index is 12.4. The van der Waals surface area contributed by atoms with Gasteiger partial charge in [-0.25, -0.2) is 4.98 Å². The highest BCUT2D eigenvalue weighted by Gasteiger charge is 2.13. The molecular weight excluding hydrogens is 326 g/mol. The number of nitrogen functional groups attached to an aromatic ring is 1. The number of carbonyl (C=O) groups is 1. The van der Waals surface area contributed by atoms with Crippen molar-refractivity contribution >= 4 is 39.8 Å². The highest BCUT2D eigenvalue weighted by Crippen LogP contribution is 2.30. The summed E-state index contributed by atoms with van der Waals surface area (Å²) in [4.78, 5) is 18.7. The lowest BCUT2D eigenvalue weighted by Crippen LogP contribution is -2.14. The number of nitrogens with two attached hydrogens (primary N) is 1. The quantitative estimate of drug-likeness (QED) is 0.689. The molecule has 0 aliphatic rings. The molecule has 0 fully saturated rings. The summed E-state index contributed by atoms with van der Waals surface area (Å²) in [5.74, 6) is -0.243. The highest BCUT2D eigenvalue weighted by molar-refractivity contribution is 7.99. The molecule has 0 spiro atoms. The van der Waals surface area contributed by atoms with Gasteiger partial charge in [-0.1, -0.05) is 30.0 Å². The molecule has 0 saturated heterocycles. The lowest BCUT2D eigenvalue weighted by molar-refractivity contribution is 0.102. The van der Waals surface area contributed by atoms with E-state index in [1.165, 1.54) is 11.3 Å². The predicted molar refractivity (Wildman–Crippen MR) is 96.2 cm³/mol. The van der Waals surface area contributed by atoms with E-state index in [2.05, 4.69) is 10.3 Å². The lowest BCUT2D eigenvalue weighted by atomic mass is 10.1. The molecule has 4 nitrogen and oxygen atoms in total. The smallest absolute Gasteiger partial charge is 0.259 e. The van der Waals surface area contributed by atoms with Crippen molar-refractivity contribution in [2.45, 2.75) is 16.7 Å². The topological polar surface area (TPSA) is 68.0 Å². The fourth-order valence-corrected chi connectivity index (χ4v) is 3.56. The molecule has 1 aromatic heterocycles. The van der Waals surface area contributed by atoms with Crippen LogP contribution in [0.2, 0.25) is 0 Å². The van der Waals surface area contributed by atoms with Crippen LogP contribution in [0.4, 0.5) is 10.8 Å². The van der Waals surface area contributed by atoms with Gasteiger partial charge in [0.05, 0.1) is 11.3 Å². The lowest BCUT2D eigenvalue weighted by Gasteiger charge is -2.08. The third-order valence-electron chi connectivity index (χ3n) is 3.09. The van der Waals surface area contributed by atoms with E-state index in [1.807, 2.05) is 54.8 Å². The van der Waals surface area contributed by atoms with E-state index >= 15 is 0 Å². The fourth-order valence-electron chi connectivity index (χ4n) is 2.00. The molecule has 116 valence electrons. The normalized spacial score (nSPS) is 10.5. The second kappa shape index (κ2) is 6.85. The van der Waals surface area contributed by atoms with Crippen LogP contribution in [0.1, 0.15) is 16.1 Å². The first-order valence-electron chi connectivity index (χ1n) is 6.98. The fraction of sp³-hybridized carbons (Fsp3) is 0.0588. The molecule has 0 aliphatic heterocycles. The van der Waals surface area contributed by atoms with Gasteiger partial charge in [0, 0.05) is 20.9 Å². The standard InChI is InChI=1S/C17H15N3OS2/c1-11-10-22-17(19-11)20-16(21)14-9-13(7-8-15(14)18)23-12-5-3-2-4-6-12/h2-10H,18H2,1H3,(H,19,20,21). The van der Waals surface area contributed by atoms with Gasteiger partial charge in [-0.3, -0.25) is 10.1 Å². The molecule has 0 aliphatic carbocycles. The molecule has 0 atom stereocenters. The Kier molecular flexibility index (Phi) is 4.64. The van der Waals surface area contributed by atoms with Crippen LogP contribution >= 0.6 is 23.1 Å². The SMILES string of the molecule is Cc1csc(NC(=O)c2cc(Sc3ccccc3)ccc2N)n1. The number of thiazole rings is 1. The first-order valence-corrected chi connectivity index (χ1v) is 8.67. The molecule has 0 radical (unpaired) electrons. The van der Waals surface area contributed by atoms with Crippen LogP contribution in [0.5, 0.6) is 0 Å². The number of aromatic nitrogens is 1. The van der Waals surface area contributed by atoms with Crippen LogP contribution in [-0.2, 0) is 0 Å². The van der Waals surface area contributed by atoms with Crippen molar-refractivity contribution in [2.24, 2.45) is 0 Å². The Morgan fingerprint density at radius 2 is 1.96 bits per heavy atom. The Morgan fingerprint density at radius 3 is 2.65 bits per heavy atom. The summed E-state index contributed by atoms with van der Waals surface area (Å²) in [5.41, 5.74) is 7.75. The Balaban J connectivity index is 1.81. The first-order chi connectivity index (χ1) is 11.1. The zero-order valence-corrected chi connectivity index (χ0v) is 14.1. The van der Waals surface area contributed by atoms with Gasteiger partial charge in [0.1, 0.15) is 0 Å². The third kappa shape index (κ3) is 3.91. The number of hydrogen-bond acceptors (Lipinski definition) is 5. The van der Waals surface area contributed by atoms with Gasteiger partial charge in [-0.15, -0.1) is 11.3 Å². The number of benzene rings is 2. The zero-order valence-electron chi connectivity index (χ0n) is 12.4. The van der Waals surface area contributed by atoms with Crippen molar-refractivity contribution in [2.75, 3.05) is 11.1 Å². The number of hydrogen-bond donors (Lipinski definition) is 2. The number of nitrogens with one attached hydrogen (secondary N) is 1. The van der Waals surface area contributed by atoms with Crippen molar-refractivity contribution in [3.8, 4) is 0 Å². The van der Waals surface area contributed by atoms with Crippen molar-refractivity contribution in [3.63, 3.8) is 0 Å². The molecule has 2 aromatic carbocycles. The summed E-state index contributed by atoms with van der Waals surface area (Å²) in [5, 5.41) is 5.26. The summed E-state index contributed by atoms with van der Waals surface area (Å²) in [7, 11) is 0. The minimum atomic E-state index is -0.243. The van der Waals surface area contributed by atoms with Gasteiger partial charge < -0.3 is 5.73 Å². The van der Waals surface area contributed by atoms with Gasteiger partial charge >= 0.3 is 0 Å². The maximum absolute atomic E-state index is 12.4. The van der Waals surface area contributed by atoms with Crippen molar-refractivity contribution in [3.05, 3.63) is 65.2 Å². The number of aryl methyl sites for hydroxylation is 1. The monoisotopic (exact) mass is 341 g/mol. The second-order valence-electron chi connectivity index (χ2n) is 4.91. The number of amides is 1. The summed E-state index contributed by atoms with van der Waals surface area (Å²) in [6, 6.07) is 15.5. The maximum Gasteiger partial charge on any atom is 0.259 e. The van der Waals surface area contributed by atoms with Crippen molar-refractivity contribution < 1.29 is 4.79 Å². The van der Waals surface area contributed by atoms with Gasteiger partial charge in [-0.05, 0) is 37.3 Å². The molecule has 6 heteroatoms. The summed E-state index contributed by atoms with van der Waals surface area (Å²) < 4.78 is 0. The summed E-state index contributed by atoms with van der Waals surface area (Å²) in [6.07, 6.45) is 0. The average molecular weight is 341 g/mol. The van der Waals surface area contributed by atoms with Crippen LogP contribution in [0.3, 0.4) is 0 Å². The van der Waals surface area contributed by atoms with Crippen molar-refractivity contribution in [1.29, 1.82) is 0 Å². The Morgan fingerprint density at radius 1 is 1.17 bits per heavy atom. The second-order valence-corrected chi connectivity index (χ2v) is 6.92. The van der Waals surface area contributed by atoms with Gasteiger partial charge in [0.15, 0.2) is 5.13 Å². The summed E-state index contributed by atoms with van der Waals surface area (Å²) >= 11 is 2.99.